The summed E-state index contributed by atoms with van der Waals surface area (Å²) in [6, 6.07) is 1.61. The molecule has 2 heterocycles. The molecule has 8 heteroatoms. The summed E-state index contributed by atoms with van der Waals surface area (Å²) in [6.45, 7) is 1.82. The fraction of sp³-hybridized carbons (Fsp3) is 0.111. The van der Waals surface area contributed by atoms with Gasteiger partial charge in [0.15, 0.2) is 4.34 Å². The molecule has 5 nitrogen and oxygen atoms in total. The summed E-state index contributed by atoms with van der Waals surface area (Å²) in [4.78, 5) is 8.35. The number of nitrogen functional groups attached to an aromatic ring is 1. The molecule has 0 fully saturated rings. The van der Waals surface area contributed by atoms with E-state index in [9.17, 15) is 0 Å². The highest BCUT2D eigenvalue weighted by Crippen LogP contribution is 2.33. The quantitative estimate of drug-likeness (QED) is 0.667. The van der Waals surface area contributed by atoms with Gasteiger partial charge in [0.05, 0.1) is 5.02 Å². The molecule has 0 amide bonds. The molecule has 17 heavy (non-hydrogen) atoms. The van der Waals surface area contributed by atoms with Crippen LogP contribution in [0.2, 0.25) is 5.02 Å². The first-order valence-electron chi connectivity index (χ1n) is 4.55. The maximum absolute atomic E-state index is 7.39. The van der Waals surface area contributed by atoms with Crippen LogP contribution in [0.25, 0.3) is 0 Å². The molecule has 0 aromatic carbocycles. The van der Waals surface area contributed by atoms with Gasteiger partial charge in [0, 0.05) is 11.8 Å². The van der Waals surface area contributed by atoms with Gasteiger partial charge < -0.3 is 5.73 Å². The van der Waals surface area contributed by atoms with Crippen molar-refractivity contribution in [3.05, 3.63) is 28.7 Å². The number of hydrogen-bond acceptors (Lipinski definition) is 6. The van der Waals surface area contributed by atoms with Crippen LogP contribution in [0.15, 0.2) is 21.6 Å². The first-order valence-corrected chi connectivity index (χ1v) is 6.52. The molecular weight excluding hydrogens is 278 g/mol. The number of rotatable bonds is 3. The number of nitrogens with two attached hydrogens (primary N) is 1. The van der Waals surface area contributed by atoms with Crippen molar-refractivity contribution < 1.29 is 0 Å². The van der Waals surface area contributed by atoms with Crippen molar-refractivity contribution in [1.82, 2.24) is 14.3 Å². The molecule has 0 atom stereocenters. The van der Waals surface area contributed by atoms with Gasteiger partial charge in [0.25, 0.3) is 0 Å². The lowest BCUT2D eigenvalue weighted by molar-refractivity contribution is 1.08. The highest BCUT2D eigenvalue weighted by Gasteiger charge is 2.12. The van der Waals surface area contributed by atoms with Crippen LogP contribution in [-0.4, -0.2) is 20.2 Å². The molecule has 2 aromatic heterocycles. The molecule has 2 aromatic rings. The number of aryl methyl sites for hydroxylation is 1. The summed E-state index contributed by atoms with van der Waals surface area (Å²) < 4.78 is 4.83. The first-order chi connectivity index (χ1) is 8.08. The van der Waals surface area contributed by atoms with Crippen LogP contribution in [0.5, 0.6) is 0 Å². The Morgan fingerprint density at radius 1 is 1.59 bits per heavy atom. The molecule has 2 rings (SSSR count). The number of hydrogen-bond donors (Lipinski definition) is 2. The SMILES string of the molecule is Cc1nsc(Sc2nccc(C(=N)N)c2Cl)n1. The summed E-state index contributed by atoms with van der Waals surface area (Å²) in [5.41, 5.74) is 5.89. The lowest BCUT2D eigenvalue weighted by atomic mass is 10.2. The molecule has 0 unspecified atom stereocenters. The van der Waals surface area contributed by atoms with Gasteiger partial charge in [-0.2, -0.15) is 4.37 Å². The zero-order valence-electron chi connectivity index (χ0n) is 8.77. The Hall–Kier alpha value is -1.18. The van der Waals surface area contributed by atoms with Crippen LogP contribution in [0, 0.1) is 12.3 Å². The van der Waals surface area contributed by atoms with E-state index < -0.39 is 0 Å². The van der Waals surface area contributed by atoms with E-state index >= 15 is 0 Å². The van der Waals surface area contributed by atoms with Crippen molar-refractivity contribution in [1.29, 1.82) is 5.41 Å². The van der Waals surface area contributed by atoms with Crippen LogP contribution in [0.4, 0.5) is 0 Å². The van der Waals surface area contributed by atoms with E-state index in [-0.39, 0.29) is 5.84 Å². The summed E-state index contributed by atoms with van der Waals surface area (Å²) in [5, 5.41) is 8.34. The van der Waals surface area contributed by atoms with Gasteiger partial charge in [-0.15, -0.1) is 0 Å². The molecule has 88 valence electrons. The standard InChI is InChI=1S/C9H8ClN5S2/c1-4-14-9(17-15-4)16-8-6(10)5(7(11)12)2-3-13-8/h2-3H,1H3,(H3,11,12). The third-order valence-electron chi connectivity index (χ3n) is 1.84. The van der Waals surface area contributed by atoms with Crippen molar-refractivity contribution in [3.63, 3.8) is 0 Å². The lowest BCUT2D eigenvalue weighted by Crippen LogP contribution is -2.12. The number of halogens is 1. The van der Waals surface area contributed by atoms with E-state index in [0.717, 1.165) is 10.2 Å². The van der Waals surface area contributed by atoms with Gasteiger partial charge in [-0.3, -0.25) is 5.41 Å². The zero-order chi connectivity index (χ0) is 12.4. The fourth-order valence-electron chi connectivity index (χ4n) is 1.11. The molecule has 0 aliphatic carbocycles. The molecular formula is C9H8ClN5S2. The second-order valence-electron chi connectivity index (χ2n) is 3.10. The van der Waals surface area contributed by atoms with Crippen molar-refractivity contribution in [2.45, 2.75) is 16.3 Å². The fourth-order valence-corrected chi connectivity index (χ4v) is 3.01. The van der Waals surface area contributed by atoms with Crippen molar-refractivity contribution in [2.75, 3.05) is 0 Å². The van der Waals surface area contributed by atoms with Crippen LogP contribution >= 0.6 is 34.9 Å². The van der Waals surface area contributed by atoms with E-state index in [2.05, 4.69) is 14.3 Å². The second kappa shape index (κ2) is 4.99. The Labute approximate surface area is 111 Å². The van der Waals surface area contributed by atoms with E-state index in [0.29, 0.717) is 15.6 Å². The minimum absolute atomic E-state index is 0.0762. The zero-order valence-corrected chi connectivity index (χ0v) is 11.2. The van der Waals surface area contributed by atoms with Crippen molar-refractivity contribution in [2.24, 2.45) is 5.73 Å². The lowest BCUT2D eigenvalue weighted by Gasteiger charge is -2.04. The average molecular weight is 286 g/mol. The van der Waals surface area contributed by atoms with Gasteiger partial charge in [-0.05, 0) is 36.3 Å². The highest BCUT2D eigenvalue weighted by molar-refractivity contribution is 8.01. The van der Waals surface area contributed by atoms with E-state index in [1.165, 1.54) is 23.3 Å². The predicted molar refractivity (Wildman–Crippen MR) is 69.0 cm³/mol. The Kier molecular flexibility index (Phi) is 3.60. The van der Waals surface area contributed by atoms with Crippen LogP contribution in [0.3, 0.4) is 0 Å². The molecule has 0 saturated heterocycles. The number of nitrogens with one attached hydrogen (secondary N) is 1. The van der Waals surface area contributed by atoms with E-state index in [1.54, 1.807) is 12.3 Å². The van der Waals surface area contributed by atoms with Gasteiger partial charge in [0.2, 0.25) is 0 Å². The molecule has 0 aliphatic rings. The maximum atomic E-state index is 7.39. The summed E-state index contributed by atoms with van der Waals surface area (Å²) in [7, 11) is 0. The maximum Gasteiger partial charge on any atom is 0.176 e. The van der Waals surface area contributed by atoms with E-state index in [1.807, 2.05) is 6.92 Å². The Morgan fingerprint density at radius 2 is 2.35 bits per heavy atom. The van der Waals surface area contributed by atoms with E-state index in [4.69, 9.17) is 22.7 Å². The second-order valence-corrected chi connectivity index (χ2v) is 5.47. The molecule has 0 aliphatic heterocycles. The number of amidine groups is 1. The summed E-state index contributed by atoms with van der Waals surface area (Å²) in [5.74, 6) is 0.643. The Balaban J connectivity index is 2.33. The number of pyridine rings is 1. The highest BCUT2D eigenvalue weighted by atomic mass is 35.5. The molecule has 3 N–H and O–H groups in total. The number of aromatic nitrogens is 3. The largest absolute Gasteiger partial charge is 0.384 e. The third-order valence-corrected chi connectivity index (χ3v) is 4.18. The first kappa shape index (κ1) is 12.3. The minimum Gasteiger partial charge on any atom is -0.384 e. The van der Waals surface area contributed by atoms with Crippen molar-refractivity contribution >= 4 is 40.7 Å². The normalized spacial score (nSPS) is 10.5. The third kappa shape index (κ3) is 2.74. The molecule has 0 saturated carbocycles. The Bertz CT molecular complexity index is 568. The smallest absolute Gasteiger partial charge is 0.176 e. The van der Waals surface area contributed by atoms with Crippen LogP contribution in [0.1, 0.15) is 11.4 Å². The molecule has 0 bridgehead atoms. The van der Waals surface area contributed by atoms with Gasteiger partial charge in [-0.1, -0.05) is 11.6 Å². The summed E-state index contributed by atoms with van der Waals surface area (Å²) in [6.07, 6.45) is 1.57. The predicted octanol–water partition coefficient (Wildman–Crippen LogP) is 2.33. The van der Waals surface area contributed by atoms with Gasteiger partial charge in [0.1, 0.15) is 16.7 Å². The van der Waals surface area contributed by atoms with Crippen LogP contribution in [-0.2, 0) is 0 Å². The number of nitrogens with zero attached hydrogens (tertiary/aromatic N) is 3. The Morgan fingerprint density at radius 3 is 2.94 bits per heavy atom. The molecule has 0 spiro atoms. The molecule has 0 radical (unpaired) electrons. The topological polar surface area (TPSA) is 88.5 Å². The summed E-state index contributed by atoms with van der Waals surface area (Å²) >= 11 is 8.71. The van der Waals surface area contributed by atoms with Gasteiger partial charge in [-0.25, -0.2) is 9.97 Å². The average Bonchev–Trinajstić information content (AvgIpc) is 2.67. The van der Waals surface area contributed by atoms with Gasteiger partial charge >= 0.3 is 0 Å². The minimum atomic E-state index is -0.0762. The van der Waals surface area contributed by atoms with Crippen LogP contribution < -0.4 is 5.73 Å². The monoisotopic (exact) mass is 285 g/mol. The van der Waals surface area contributed by atoms with Crippen molar-refractivity contribution in [3.8, 4) is 0 Å².